The van der Waals surface area contributed by atoms with Gasteiger partial charge in [-0.1, -0.05) is 91.9 Å². The third kappa shape index (κ3) is 16.4. The predicted molar refractivity (Wildman–Crippen MR) is 107 cm³/mol. The van der Waals surface area contributed by atoms with Gasteiger partial charge in [0.25, 0.3) is 5.09 Å². The molecule has 5 nitrogen and oxygen atoms in total. The molecule has 3 N–H and O–H groups in total. The molecule has 0 fully saturated rings. The summed E-state index contributed by atoms with van der Waals surface area (Å²) in [5, 5.41) is 13.6. The molecule has 0 amide bonds. The number of nitrogens with zero attached hydrogens (tertiary/aromatic N) is 1. The number of nitrogens with two attached hydrogens (primary N) is 1. The van der Waals surface area contributed by atoms with Crippen molar-refractivity contribution in [2.24, 2.45) is 11.7 Å². The van der Waals surface area contributed by atoms with E-state index in [-0.39, 0.29) is 5.54 Å². The van der Waals surface area contributed by atoms with Crippen molar-refractivity contribution in [3.05, 3.63) is 10.1 Å². The molecule has 0 aliphatic rings. The zero-order valence-electron chi connectivity index (χ0n) is 17.3. The minimum Gasteiger partial charge on any atom is -0.328 e. The van der Waals surface area contributed by atoms with E-state index >= 15 is 0 Å². The molecule has 0 aromatic rings. The Labute approximate surface area is 155 Å². The minimum absolute atomic E-state index is 0.118. The Kier molecular flexibility index (Phi) is 19.0. The molecule has 0 aromatic carbocycles. The molecule has 152 valence electrons. The van der Waals surface area contributed by atoms with E-state index in [1.165, 1.54) is 89.9 Å². The maximum Gasteiger partial charge on any atom is 0.291 e. The van der Waals surface area contributed by atoms with E-state index in [9.17, 15) is 0 Å². The van der Waals surface area contributed by atoms with Crippen molar-refractivity contribution in [3.8, 4) is 0 Å². The van der Waals surface area contributed by atoms with Crippen molar-refractivity contribution < 1.29 is 10.3 Å². The Hall–Kier alpha value is -0.840. The van der Waals surface area contributed by atoms with E-state index in [4.69, 9.17) is 21.1 Å². The molecule has 0 heterocycles. The molecule has 1 atom stereocenters. The Morgan fingerprint density at radius 1 is 0.840 bits per heavy atom. The molecule has 1 unspecified atom stereocenters. The molecule has 25 heavy (non-hydrogen) atoms. The van der Waals surface area contributed by atoms with Crippen LogP contribution in [0.3, 0.4) is 0 Å². The lowest BCUT2D eigenvalue weighted by atomic mass is 9.72. The highest BCUT2D eigenvalue weighted by molar-refractivity contribution is 4.91. The molecule has 0 bridgehead atoms. The van der Waals surface area contributed by atoms with Crippen molar-refractivity contribution in [1.29, 1.82) is 0 Å². The first-order valence-electron chi connectivity index (χ1n) is 10.5. The molecular formula is C20H44N2O3. The van der Waals surface area contributed by atoms with E-state index in [0.29, 0.717) is 0 Å². The quantitative estimate of drug-likeness (QED) is 0.198. The summed E-state index contributed by atoms with van der Waals surface area (Å²) in [7, 11) is 0. The van der Waals surface area contributed by atoms with Gasteiger partial charge in [-0.05, 0) is 31.6 Å². The van der Waals surface area contributed by atoms with Gasteiger partial charge in [0.2, 0.25) is 0 Å². The normalized spacial score (nSPS) is 12.4. The smallest absolute Gasteiger partial charge is 0.291 e. The molecule has 0 rings (SSSR count). The van der Waals surface area contributed by atoms with Crippen LogP contribution < -0.4 is 5.73 Å². The molecule has 0 saturated carbocycles. The van der Waals surface area contributed by atoms with Gasteiger partial charge in [0.1, 0.15) is 0 Å². The molecule has 5 heteroatoms. The topological polar surface area (TPSA) is 89.4 Å². The second-order valence-corrected chi connectivity index (χ2v) is 7.37. The van der Waals surface area contributed by atoms with Crippen LogP contribution in [-0.4, -0.2) is 15.8 Å². The van der Waals surface area contributed by atoms with Crippen LogP contribution in [0.1, 0.15) is 118 Å². The highest BCUT2D eigenvalue weighted by atomic mass is 16.9. The minimum atomic E-state index is -1.50. The van der Waals surface area contributed by atoms with Gasteiger partial charge in [0, 0.05) is 5.54 Å². The first kappa shape index (κ1) is 26.4. The molecule has 0 spiro atoms. The zero-order valence-corrected chi connectivity index (χ0v) is 17.3. The highest BCUT2D eigenvalue weighted by Gasteiger charge is 2.32. The van der Waals surface area contributed by atoms with Crippen molar-refractivity contribution >= 4 is 0 Å². The van der Waals surface area contributed by atoms with Crippen LogP contribution in [0.2, 0.25) is 0 Å². The Morgan fingerprint density at radius 2 is 1.24 bits per heavy atom. The molecule has 0 saturated heterocycles. The summed E-state index contributed by atoms with van der Waals surface area (Å²) in [6, 6.07) is 0. The largest absolute Gasteiger partial charge is 0.328 e. The number of hydrogen-bond donors (Lipinski definition) is 2. The second-order valence-electron chi connectivity index (χ2n) is 7.37. The molecule has 0 aliphatic heterocycles. The summed E-state index contributed by atoms with van der Waals surface area (Å²) >= 11 is 0. The second kappa shape index (κ2) is 18.0. The van der Waals surface area contributed by atoms with Crippen LogP contribution in [0.5, 0.6) is 0 Å². The van der Waals surface area contributed by atoms with Gasteiger partial charge in [-0.25, -0.2) is 0 Å². The van der Waals surface area contributed by atoms with Crippen LogP contribution in [0.4, 0.5) is 0 Å². The van der Waals surface area contributed by atoms with E-state index < -0.39 is 5.09 Å². The standard InChI is InChI=1S/C20H43N.HNO3/c1-5-9-13-14-16-19(15-10-6-2)20(21,17-11-7-3)18-12-8-4;2-1(3)4/h19H,5-18,21H2,1-4H3;(H,2,3,4). The summed E-state index contributed by atoms with van der Waals surface area (Å²) in [5.41, 5.74) is 7.09. The van der Waals surface area contributed by atoms with E-state index in [1.807, 2.05) is 0 Å². The zero-order chi connectivity index (χ0) is 19.6. The van der Waals surface area contributed by atoms with Crippen LogP contribution in [0, 0.1) is 16.0 Å². The summed E-state index contributed by atoms with van der Waals surface area (Å²) in [5.74, 6) is 0.757. The van der Waals surface area contributed by atoms with E-state index in [1.54, 1.807) is 0 Å². The average Bonchev–Trinajstić information content (AvgIpc) is 2.57. The van der Waals surface area contributed by atoms with Gasteiger partial charge in [-0.3, -0.25) is 0 Å². The fourth-order valence-corrected chi connectivity index (χ4v) is 3.53. The summed E-state index contributed by atoms with van der Waals surface area (Å²) in [4.78, 5) is 8.36. The fourth-order valence-electron chi connectivity index (χ4n) is 3.53. The van der Waals surface area contributed by atoms with E-state index in [0.717, 1.165) is 5.92 Å². The predicted octanol–water partition coefficient (Wildman–Crippen LogP) is 6.49. The fraction of sp³-hybridized carbons (Fsp3) is 1.00. The average molecular weight is 361 g/mol. The molecule has 0 radical (unpaired) electrons. The number of unbranched alkanes of at least 4 members (excludes halogenated alkanes) is 6. The van der Waals surface area contributed by atoms with Gasteiger partial charge in [0.05, 0.1) is 0 Å². The highest BCUT2D eigenvalue weighted by Crippen LogP contribution is 2.34. The summed E-state index contributed by atoms with van der Waals surface area (Å²) in [6.07, 6.45) is 18.5. The number of rotatable bonds is 15. The first-order valence-corrected chi connectivity index (χ1v) is 10.5. The van der Waals surface area contributed by atoms with Gasteiger partial charge in [-0.15, -0.1) is 10.1 Å². The first-order chi connectivity index (χ1) is 11.9. The SMILES string of the molecule is CCCCCCC(CCCC)C(N)(CCCC)CCCC.O=[N+]([O-])O. The Balaban J connectivity index is 0. The molecule has 0 aliphatic carbocycles. The summed E-state index contributed by atoms with van der Waals surface area (Å²) in [6.45, 7) is 9.19. The maximum atomic E-state index is 8.36. The van der Waals surface area contributed by atoms with Crippen LogP contribution in [-0.2, 0) is 0 Å². The Bertz CT molecular complexity index is 287. The monoisotopic (exact) mass is 360 g/mol. The maximum absolute atomic E-state index is 8.36. The van der Waals surface area contributed by atoms with Crippen molar-refractivity contribution in [2.45, 2.75) is 123 Å². The Morgan fingerprint density at radius 3 is 1.64 bits per heavy atom. The lowest BCUT2D eigenvalue weighted by Gasteiger charge is -2.38. The molecule has 0 aromatic heterocycles. The van der Waals surface area contributed by atoms with Gasteiger partial charge in [0.15, 0.2) is 0 Å². The van der Waals surface area contributed by atoms with Gasteiger partial charge < -0.3 is 10.9 Å². The van der Waals surface area contributed by atoms with Crippen LogP contribution >= 0.6 is 0 Å². The van der Waals surface area contributed by atoms with Crippen LogP contribution in [0.15, 0.2) is 0 Å². The molecular weight excluding hydrogens is 316 g/mol. The third-order valence-electron chi connectivity index (χ3n) is 5.12. The van der Waals surface area contributed by atoms with Gasteiger partial charge >= 0.3 is 0 Å². The lowest BCUT2D eigenvalue weighted by molar-refractivity contribution is -0.742. The van der Waals surface area contributed by atoms with Crippen molar-refractivity contribution in [1.82, 2.24) is 0 Å². The summed E-state index contributed by atoms with van der Waals surface area (Å²) < 4.78 is 0. The van der Waals surface area contributed by atoms with Gasteiger partial charge in [-0.2, -0.15) is 0 Å². The van der Waals surface area contributed by atoms with Crippen molar-refractivity contribution in [2.75, 3.05) is 0 Å². The van der Waals surface area contributed by atoms with E-state index in [2.05, 4.69) is 27.7 Å². The lowest BCUT2D eigenvalue weighted by Crippen LogP contribution is -2.47. The third-order valence-corrected chi connectivity index (χ3v) is 5.12. The van der Waals surface area contributed by atoms with Crippen LogP contribution in [0.25, 0.3) is 0 Å². The number of hydrogen-bond acceptors (Lipinski definition) is 3. The van der Waals surface area contributed by atoms with Crippen molar-refractivity contribution in [3.63, 3.8) is 0 Å².